The number of ether oxygens (including phenoxy) is 2. The number of nitrogens with zero attached hydrogens (tertiary/aromatic N) is 2. The number of carbonyl (C=O) groups is 2. The summed E-state index contributed by atoms with van der Waals surface area (Å²) in [4.78, 5) is 25.4. The molecule has 0 N–H and O–H groups in total. The second-order valence-corrected chi connectivity index (χ2v) is 8.09. The minimum Gasteiger partial charge on any atom is -0.497 e. The predicted octanol–water partition coefficient (Wildman–Crippen LogP) is 4.50. The Morgan fingerprint density at radius 2 is 1.71 bits per heavy atom. The lowest BCUT2D eigenvalue weighted by molar-refractivity contribution is -0.157. The van der Waals surface area contributed by atoms with Crippen molar-refractivity contribution in [3.63, 3.8) is 0 Å². The largest absolute Gasteiger partial charge is 0.497 e. The first-order valence-electron chi connectivity index (χ1n) is 10.9. The topological polar surface area (TPSA) is 68.2 Å². The highest BCUT2D eigenvalue weighted by atomic mass is 16.5. The Bertz CT molecular complexity index is 934. The molecular weight excluding hydrogens is 392 g/mol. The maximum atomic E-state index is 13.0. The number of hydrogen-bond donors (Lipinski definition) is 0. The molecule has 1 aliphatic heterocycles. The van der Waals surface area contributed by atoms with E-state index >= 15 is 0 Å². The van der Waals surface area contributed by atoms with Gasteiger partial charge in [0, 0.05) is 6.42 Å². The molecule has 6 nitrogen and oxygen atoms in total. The number of esters is 1. The molecule has 2 aromatic rings. The quantitative estimate of drug-likeness (QED) is 0.646. The van der Waals surface area contributed by atoms with Gasteiger partial charge in [0.25, 0.3) is 5.91 Å². The third-order valence-electron chi connectivity index (χ3n) is 6.05. The molecule has 4 rings (SSSR count). The zero-order chi connectivity index (χ0) is 21.6. The van der Waals surface area contributed by atoms with E-state index in [1.165, 1.54) is 5.01 Å². The number of methoxy groups -OCH3 is 1. The summed E-state index contributed by atoms with van der Waals surface area (Å²) in [5.41, 5.74) is 2.78. The summed E-state index contributed by atoms with van der Waals surface area (Å²) in [6.45, 7) is -0.284. The predicted molar refractivity (Wildman–Crippen MR) is 118 cm³/mol. The standard InChI is InChI=1S/C25H28N2O4/c1-30-21-14-12-19(13-15-21)23-16-22(18-8-4-2-5-9-18)26-27(23)24(28)17-31-25(29)20-10-6-3-7-11-20/h2,4-5,8-9,12-15,20,23H,3,6-7,10-11,16-17H2,1H3. The van der Waals surface area contributed by atoms with Gasteiger partial charge in [-0.05, 0) is 36.1 Å². The molecular formula is C25H28N2O4. The summed E-state index contributed by atoms with van der Waals surface area (Å²) in [6, 6.07) is 17.2. The molecule has 0 spiro atoms. The van der Waals surface area contributed by atoms with Crippen LogP contribution in [0.4, 0.5) is 0 Å². The molecule has 0 radical (unpaired) electrons. The molecule has 0 saturated heterocycles. The zero-order valence-corrected chi connectivity index (χ0v) is 17.8. The van der Waals surface area contributed by atoms with Crippen molar-refractivity contribution in [2.24, 2.45) is 11.0 Å². The van der Waals surface area contributed by atoms with E-state index in [4.69, 9.17) is 9.47 Å². The molecule has 1 heterocycles. The van der Waals surface area contributed by atoms with Gasteiger partial charge < -0.3 is 9.47 Å². The van der Waals surface area contributed by atoms with Crippen LogP contribution in [0, 0.1) is 5.92 Å². The van der Waals surface area contributed by atoms with Crippen LogP contribution in [0.1, 0.15) is 55.7 Å². The van der Waals surface area contributed by atoms with Crippen LogP contribution in [-0.2, 0) is 14.3 Å². The van der Waals surface area contributed by atoms with Gasteiger partial charge in [0.05, 0.1) is 24.8 Å². The van der Waals surface area contributed by atoms with Gasteiger partial charge in [0.1, 0.15) is 5.75 Å². The van der Waals surface area contributed by atoms with Gasteiger partial charge in [0.2, 0.25) is 0 Å². The van der Waals surface area contributed by atoms with E-state index in [1.54, 1.807) is 7.11 Å². The number of hydrogen-bond acceptors (Lipinski definition) is 5. The van der Waals surface area contributed by atoms with Crippen molar-refractivity contribution >= 4 is 17.6 Å². The van der Waals surface area contributed by atoms with Crippen LogP contribution in [-0.4, -0.2) is 36.3 Å². The van der Waals surface area contributed by atoms with Crippen LogP contribution in [0.3, 0.4) is 0 Å². The van der Waals surface area contributed by atoms with Crippen molar-refractivity contribution in [2.45, 2.75) is 44.6 Å². The second kappa shape index (κ2) is 9.77. The van der Waals surface area contributed by atoms with Gasteiger partial charge in [-0.3, -0.25) is 9.59 Å². The molecule has 2 aliphatic rings. The molecule has 1 fully saturated rings. The highest BCUT2D eigenvalue weighted by Crippen LogP contribution is 2.34. The van der Waals surface area contributed by atoms with Gasteiger partial charge in [-0.25, -0.2) is 5.01 Å². The van der Waals surface area contributed by atoms with Crippen LogP contribution in [0.2, 0.25) is 0 Å². The van der Waals surface area contributed by atoms with Gasteiger partial charge in [-0.1, -0.05) is 61.7 Å². The van der Waals surface area contributed by atoms with E-state index in [0.29, 0.717) is 6.42 Å². The highest BCUT2D eigenvalue weighted by molar-refractivity contribution is 6.03. The minimum atomic E-state index is -0.309. The number of carbonyl (C=O) groups excluding carboxylic acids is 2. The molecule has 0 bridgehead atoms. The second-order valence-electron chi connectivity index (χ2n) is 8.09. The SMILES string of the molecule is COc1ccc(C2CC(c3ccccc3)=NN2C(=O)COC(=O)C2CCCCC2)cc1. The Balaban J connectivity index is 1.50. The van der Waals surface area contributed by atoms with Crippen LogP contribution >= 0.6 is 0 Å². The summed E-state index contributed by atoms with van der Waals surface area (Å²) in [5, 5.41) is 6.10. The van der Waals surface area contributed by atoms with Crippen molar-refractivity contribution < 1.29 is 19.1 Å². The fourth-order valence-corrected chi connectivity index (χ4v) is 4.29. The number of benzene rings is 2. The highest BCUT2D eigenvalue weighted by Gasteiger charge is 2.34. The molecule has 6 heteroatoms. The molecule has 31 heavy (non-hydrogen) atoms. The monoisotopic (exact) mass is 420 g/mol. The Labute approximate surface area is 182 Å². The van der Waals surface area contributed by atoms with Gasteiger partial charge in [-0.2, -0.15) is 5.10 Å². The van der Waals surface area contributed by atoms with Gasteiger partial charge >= 0.3 is 5.97 Å². The van der Waals surface area contributed by atoms with Gasteiger partial charge in [-0.15, -0.1) is 0 Å². The third-order valence-corrected chi connectivity index (χ3v) is 6.05. The number of rotatable bonds is 6. The molecule has 1 saturated carbocycles. The lowest BCUT2D eigenvalue weighted by atomic mass is 9.89. The maximum Gasteiger partial charge on any atom is 0.309 e. The van der Waals surface area contributed by atoms with E-state index in [-0.39, 0.29) is 30.4 Å². The first kappa shape index (κ1) is 21.1. The fraction of sp³-hybridized carbons (Fsp3) is 0.400. The van der Waals surface area contributed by atoms with E-state index in [9.17, 15) is 9.59 Å². The van der Waals surface area contributed by atoms with Crippen LogP contribution < -0.4 is 4.74 Å². The lowest BCUT2D eigenvalue weighted by Gasteiger charge is -2.23. The molecule has 1 amide bonds. The Hall–Kier alpha value is -3.15. The zero-order valence-electron chi connectivity index (χ0n) is 17.8. The normalized spacial score (nSPS) is 19.1. The average molecular weight is 421 g/mol. The first-order chi connectivity index (χ1) is 15.2. The third kappa shape index (κ3) is 4.95. The molecule has 162 valence electrons. The van der Waals surface area contributed by atoms with E-state index in [1.807, 2.05) is 54.6 Å². The van der Waals surface area contributed by atoms with Crippen molar-refractivity contribution in [3.05, 3.63) is 65.7 Å². The summed E-state index contributed by atoms with van der Waals surface area (Å²) in [6.07, 6.45) is 5.55. The lowest BCUT2D eigenvalue weighted by Crippen LogP contribution is -2.32. The van der Waals surface area contributed by atoms with Crippen LogP contribution in [0.25, 0.3) is 0 Å². The smallest absolute Gasteiger partial charge is 0.309 e. The number of hydrazone groups is 1. The Morgan fingerprint density at radius 3 is 2.39 bits per heavy atom. The van der Waals surface area contributed by atoms with Crippen LogP contribution in [0.5, 0.6) is 5.75 Å². The number of amides is 1. The summed E-state index contributed by atoms with van der Waals surface area (Å²) < 4.78 is 10.7. The Kier molecular flexibility index (Phi) is 6.65. The average Bonchev–Trinajstić information content (AvgIpc) is 3.29. The van der Waals surface area contributed by atoms with Crippen molar-refractivity contribution in [1.29, 1.82) is 0 Å². The first-order valence-corrected chi connectivity index (χ1v) is 10.9. The molecule has 1 aliphatic carbocycles. The molecule has 2 aromatic carbocycles. The van der Waals surface area contributed by atoms with Gasteiger partial charge in [0.15, 0.2) is 6.61 Å². The summed E-state index contributed by atoms with van der Waals surface area (Å²) in [5.74, 6) is 0.0996. The molecule has 0 aromatic heterocycles. The minimum absolute atomic E-state index is 0.0825. The van der Waals surface area contributed by atoms with E-state index in [2.05, 4.69) is 5.10 Å². The summed E-state index contributed by atoms with van der Waals surface area (Å²) >= 11 is 0. The van der Waals surface area contributed by atoms with E-state index in [0.717, 1.165) is 54.7 Å². The van der Waals surface area contributed by atoms with Crippen molar-refractivity contribution in [1.82, 2.24) is 5.01 Å². The fourth-order valence-electron chi connectivity index (χ4n) is 4.29. The summed E-state index contributed by atoms with van der Waals surface area (Å²) in [7, 11) is 1.62. The maximum absolute atomic E-state index is 13.0. The van der Waals surface area contributed by atoms with Crippen molar-refractivity contribution in [2.75, 3.05) is 13.7 Å². The Morgan fingerprint density at radius 1 is 1.00 bits per heavy atom. The van der Waals surface area contributed by atoms with Crippen LogP contribution in [0.15, 0.2) is 59.7 Å². The molecule has 1 atom stereocenters. The molecule has 1 unspecified atom stereocenters. The van der Waals surface area contributed by atoms with E-state index < -0.39 is 0 Å². The van der Waals surface area contributed by atoms with Crippen molar-refractivity contribution in [3.8, 4) is 5.75 Å².